The molecule has 146 valence electrons. The van der Waals surface area contributed by atoms with Crippen molar-refractivity contribution in [1.29, 1.82) is 0 Å². The number of hydrogen-bond acceptors (Lipinski definition) is 4. The number of rotatable bonds is 4. The summed E-state index contributed by atoms with van der Waals surface area (Å²) in [5.74, 6) is -3.83. The van der Waals surface area contributed by atoms with E-state index in [-0.39, 0.29) is 17.1 Å². The molecule has 28 heavy (non-hydrogen) atoms. The van der Waals surface area contributed by atoms with E-state index in [0.717, 1.165) is 30.5 Å². The molecule has 0 aliphatic rings. The number of aromatic nitrogens is 2. The molecule has 0 radical (unpaired) electrons. The second-order valence-electron chi connectivity index (χ2n) is 5.95. The van der Waals surface area contributed by atoms with Crippen molar-refractivity contribution in [3.05, 3.63) is 71.3 Å². The highest BCUT2D eigenvalue weighted by molar-refractivity contribution is 7.90. The summed E-state index contributed by atoms with van der Waals surface area (Å²) in [5.41, 5.74) is -0.983. The molecule has 3 rings (SSSR count). The normalized spacial score (nSPS) is 11.5. The van der Waals surface area contributed by atoms with Crippen LogP contribution in [0.2, 0.25) is 0 Å². The first kappa shape index (κ1) is 19.6. The van der Waals surface area contributed by atoms with Gasteiger partial charge in [0, 0.05) is 18.8 Å². The van der Waals surface area contributed by atoms with Crippen LogP contribution in [-0.2, 0) is 17.1 Å². The number of halogens is 3. The number of amides is 1. The number of nitrogens with one attached hydrogen (secondary N) is 1. The van der Waals surface area contributed by atoms with Gasteiger partial charge in [-0.2, -0.15) is 0 Å². The first-order valence-electron chi connectivity index (χ1n) is 7.92. The lowest BCUT2D eigenvalue weighted by Gasteiger charge is -2.08. The molecule has 1 N–H and O–H groups in total. The number of hydrogen-bond donors (Lipinski definition) is 1. The van der Waals surface area contributed by atoms with Crippen LogP contribution in [0.1, 0.15) is 16.1 Å². The predicted octanol–water partition coefficient (Wildman–Crippen LogP) is 2.93. The quantitative estimate of drug-likeness (QED) is 0.719. The number of carbonyl (C=O) groups is 1. The average Bonchev–Trinajstić information content (AvgIpc) is 2.98. The van der Waals surface area contributed by atoms with Gasteiger partial charge >= 0.3 is 0 Å². The summed E-state index contributed by atoms with van der Waals surface area (Å²) < 4.78 is 69.4. The lowest BCUT2D eigenvalue weighted by molar-refractivity contribution is 0.0977. The van der Waals surface area contributed by atoms with E-state index < -0.39 is 43.8 Å². The summed E-state index contributed by atoms with van der Waals surface area (Å²) in [6, 6.07) is 6.67. The number of carbonyl (C=O) groups excluding carboxylic acids is 1. The predicted molar refractivity (Wildman–Crippen MR) is 94.3 cm³/mol. The van der Waals surface area contributed by atoms with Gasteiger partial charge in [-0.3, -0.25) is 4.79 Å². The first-order valence-corrected chi connectivity index (χ1v) is 9.40. The second kappa shape index (κ2) is 7.12. The maximum atomic E-state index is 14.0. The molecule has 0 saturated heterocycles. The van der Waals surface area contributed by atoms with E-state index in [4.69, 9.17) is 0 Å². The van der Waals surface area contributed by atoms with E-state index in [9.17, 15) is 26.4 Å². The fourth-order valence-corrected chi connectivity index (χ4v) is 3.84. The molecule has 0 aliphatic heterocycles. The van der Waals surface area contributed by atoms with Crippen LogP contribution in [0.25, 0.3) is 11.4 Å². The van der Waals surface area contributed by atoms with Gasteiger partial charge in [-0.25, -0.2) is 31.3 Å². The van der Waals surface area contributed by atoms with E-state index >= 15 is 0 Å². The third-order valence-electron chi connectivity index (χ3n) is 4.03. The topological polar surface area (TPSA) is 81.1 Å². The molecular weight excluding hydrogens is 395 g/mol. The highest BCUT2D eigenvalue weighted by atomic mass is 32.2. The van der Waals surface area contributed by atoms with Gasteiger partial charge in [0.2, 0.25) is 0 Å². The lowest BCUT2D eigenvalue weighted by Crippen LogP contribution is -2.31. The van der Waals surface area contributed by atoms with Crippen molar-refractivity contribution in [2.75, 3.05) is 0 Å². The van der Waals surface area contributed by atoms with Crippen molar-refractivity contribution < 1.29 is 26.4 Å². The summed E-state index contributed by atoms with van der Waals surface area (Å²) in [6.07, 6.45) is 1.13. The van der Waals surface area contributed by atoms with Crippen molar-refractivity contribution in [2.24, 2.45) is 7.05 Å². The molecule has 1 amide bonds. The van der Waals surface area contributed by atoms with E-state index in [1.165, 1.54) is 30.7 Å². The largest absolute Gasteiger partial charge is 0.333 e. The minimum absolute atomic E-state index is 0.155. The van der Waals surface area contributed by atoms with Gasteiger partial charge in [0.25, 0.3) is 15.9 Å². The molecule has 6 nitrogen and oxygen atoms in total. The van der Waals surface area contributed by atoms with E-state index in [2.05, 4.69) is 4.98 Å². The van der Waals surface area contributed by atoms with Gasteiger partial charge < -0.3 is 4.57 Å². The minimum atomic E-state index is -4.38. The highest BCUT2D eigenvalue weighted by Gasteiger charge is 2.25. The maximum absolute atomic E-state index is 14.0. The third-order valence-corrected chi connectivity index (χ3v) is 5.51. The summed E-state index contributed by atoms with van der Waals surface area (Å²) in [4.78, 5) is 15.8. The molecule has 0 aliphatic carbocycles. The molecule has 0 bridgehead atoms. The standard InChI is InChI=1S/C18H14F3N3O3S/c1-10-11(19)5-4-8-15(10)28(26,27)23-18(25)14-9-24(2)17(22-14)16-12(20)6-3-7-13(16)21/h3-9H,1-2H3,(H,23,25). The number of nitrogens with zero attached hydrogens (tertiary/aromatic N) is 2. The smallest absolute Gasteiger partial charge is 0.285 e. The van der Waals surface area contributed by atoms with Crippen LogP contribution in [0.4, 0.5) is 13.2 Å². The summed E-state index contributed by atoms with van der Waals surface area (Å²) in [5, 5.41) is 0. The van der Waals surface area contributed by atoms with Crippen molar-refractivity contribution in [3.8, 4) is 11.4 Å². The number of benzene rings is 2. The van der Waals surface area contributed by atoms with Gasteiger partial charge in [0.1, 0.15) is 29.0 Å². The zero-order chi connectivity index (χ0) is 20.6. The van der Waals surface area contributed by atoms with Crippen molar-refractivity contribution in [3.63, 3.8) is 0 Å². The highest BCUT2D eigenvalue weighted by Crippen LogP contribution is 2.25. The molecule has 2 aromatic carbocycles. The van der Waals surface area contributed by atoms with Crippen LogP contribution in [0.3, 0.4) is 0 Å². The van der Waals surface area contributed by atoms with Crippen LogP contribution in [0.15, 0.2) is 47.5 Å². The Balaban J connectivity index is 1.95. The van der Waals surface area contributed by atoms with Crippen LogP contribution >= 0.6 is 0 Å². The Labute approximate surface area is 158 Å². The fourth-order valence-electron chi connectivity index (χ4n) is 2.63. The summed E-state index contributed by atoms with van der Waals surface area (Å²) in [7, 11) is -2.98. The molecule has 1 heterocycles. The molecule has 0 saturated carbocycles. The minimum Gasteiger partial charge on any atom is -0.333 e. The summed E-state index contributed by atoms with van der Waals surface area (Å²) >= 11 is 0. The van der Waals surface area contributed by atoms with Gasteiger partial charge in [0.15, 0.2) is 0 Å². The van der Waals surface area contributed by atoms with Gasteiger partial charge in [-0.1, -0.05) is 12.1 Å². The molecule has 0 unspecified atom stereocenters. The van der Waals surface area contributed by atoms with Crippen molar-refractivity contribution >= 4 is 15.9 Å². The van der Waals surface area contributed by atoms with Gasteiger partial charge in [-0.15, -0.1) is 0 Å². The summed E-state index contributed by atoms with van der Waals surface area (Å²) in [6.45, 7) is 1.26. The van der Waals surface area contributed by atoms with E-state index in [1.54, 1.807) is 4.72 Å². The lowest BCUT2D eigenvalue weighted by atomic mass is 10.2. The van der Waals surface area contributed by atoms with Crippen LogP contribution in [-0.4, -0.2) is 23.9 Å². The molecule has 10 heteroatoms. The third kappa shape index (κ3) is 3.50. The van der Waals surface area contributed by atoms with E-state index in [1.807, 2.05) is 0 Å². The average molecular weight is 409 g/mol. The Kier molecular flexibility index (Phi) is 4.99. The number of imidazole rings is 1. The SMILES string of the molecule is Cc1c(F)cccc1S(=O)(=O)NC(=O)c1cn(C)c(-c2c(F)cccc2F)n1. The Hall–Kier alpha value is -3.14. The van der Waals surface area contributed by atoms with Gasteiger partial charge in [0.05, 0.1) is 10.5 Å². The number of sulfonamides is 1. The van der Waals surface area contributed by atoms with Crippen molar-refractivity contribution in [1.82, 2.24) is 14.3 Å². The van der Waals surface area contributed by atoms with Crippen LogP contribution in [0, 0.1) is 24.4 Å². The molecule has 1 aromatic heterocycles. The van der Waals surface area contributed by atoms with E-state index in [0.29, 0.717) is 0 Å². The first-order chi connectivity index (χ1) is 13.1. The number of aryl methyl sites for hydroxylation is 1. The molecule has 0 atom stereocenters. The molecule has 0 spiro atoms. The van der Waals surface area contributed by atoms with Gasteiger partial charge in [-0.05, 0) is 31.2 Å². The Bertz CT molecular complexity index is 1170. The monoisotopic (exact) mass is 409 g/mol. The Morgan fingerprint density at radius 3 is 2.25 bits per heavy atom. The van der Waals surface area contributed by atoms with Crippen LogP contribution < -0.4 is 4.72 Å². The molecule has 0 fully saturated rings. The Morgan fingerprint density at radius 1 is 1.04 bits per heavy atom. The second-order valence-corrected chi connectivity index (χ2v) is 7.61. The molecular formula is C18H14F3N3O3S. The van der Waals surface area contributed by atoms with Crippen molar-refractivity contribution in [2.45, 2.75) is 11.8 Å². The van der Waals surface area contributed by atoms with Crippen LogP contribution in [0.5, 0.6) is 0 Å². The zero-order valence-electron chi connectivity index (χ0n) is 14.7. The fraction of sp³-hybridized carbons (Fsp3) is 0.111. The maximum Gasteiger partial charge on any atom is 0.285 e. The Morgan fingerprint density at radius 2 is 1.61 bits per heavy atom. The molecule has 3 aromatic rings. The zero-order valence-corrected chi connectivity index (χ0v) is 15.5.